The van der Waals surface area contributed by atoms with Crippen LogP contribution in [0.15, 0.2) is 24.3 Å². The van der Waals surface area contributed by atoms with Crippen LogP contribution >= 0.6 is 0 Å². The van der Waals surface area contributed by atoms with Crippen molar-refractivity contribution in [2.24, 2.45) is 0 Å². The summed E-state index contributed by atoms with van der Waals surface area (Å²) < 4.78 is 0. The molecular weight excluding hydrogens is 268 g/mol. The van der Waals surface area contributed by atoms with E-state index in [0.717, 1.165) is 13.0 Å². The van der Waals surface area contributed by atoms with Crippen LogP contribution in [0.25, 0.3) is 0 Å². The fourth-order valence-electron chi connectivity index (χ4n) is 3.61. The number of hydrogen-bond donors (Lipinski definition) is 1. The Hall–Kier alpha value is -2.04. The number of rotatable bonds is 3. The van der Waals surface area contributed by atoms with Crippen molar-refractivity contribution < 1.29 is 14.7 Å². The van der Waals surface area contributed by atoms with E-state index < -0.39 is 5.97 Å². The summed E-state index contributed by atoms with van der Waals surface area (Å²) in [5.74, 6) is -0.610. The summed E-state index contributed by atoms with van der Waals surface area (Å²) in [6, 6.07) is 8.81. The van der Waals surface area contributed by atoms with Crippen LogP contribution in [0.2, 0.25) is 0 Å². The van der Waals surface area contributed by atoms with Crippen LogP contribution in [0.4, 0.5) is 5.69 Å². The number of para-hydroxylation sites is 1. The van der Waals surface area contributed by atoms with Gasteiger partial charge in [-0.15, -0.1) is 0 Å². The minimum absolute atomic E-state index is 0.0390. The van der Waals surface area contributed by atoms with Crippen LogP contribution in [0.5, 0.6) is 0 Å². The standard InChI is InChI=1S/C16H20N2O3/c1-17-13-5-3-2-4-11(13)12-10-18(9-8-14(12)17)15(19)6-7-16(20)21/h2-5,12,14H,6-10H2,1H3,(H,20,21)/t12-,14-/m1/s1. The van der Waals surface area contributed by atoms with Crippen LogP contribution in [0.3, 0.4) is 0 Å². The molecule has 2 heterocycles. The Morgan fingerprint density at radius 1 is 1.29 bits per heavy atom. The topological polar surface area (TPSA) is 60.9 Å². The van der Waals surface area contributed by atoms with Crippen molar-refractivity contribution in [3.8, 4) is 0 Å². The molecule has 1 amide bonds. The maximum atomic E-state index is 12.1. The zero-order valence-corrected chi connectivity index (χ0v) is 12.2. The maximum absolute atomic E-state index is 12.1. The fraction of sp³-hybridized carbons (Fsp3) is 0.500. The number of carboxylic acid groups (broad SMARTS) is 1. The first kappa shape index (κ1) is 13.9. The number of hydrogen-bond acceptors (Lipinski definition) is 3. The summed E-state index contributed by atoms with van der Waals surface area (Å²) in [6.07, 6.45) is 0.957. The van der Waals surface area contributed by atoms with Crippen molar-refractivity contribution in [1.29, 1.82) is 0 Å². The lowest BCUT2D eigenvalue weighted by atomic mass is 9.89. The predicted octanol–water partition coefficient (Wildman–Crippen LogP) is 1.69. The van der Waals surface area contributed by atoms with Gasteiger partial charge in [-0.05, 0) is 18.1 Å². The Balaban J connectivity index is 1.73. The van der Waals surface area contributed by atoms with Crippen molar-refractivity contribution >= 4 is 17.6 Å². The van der Waals surface area contributed by atoms with Gasteiger partial charge in [0.1, 0.15) is 0 Å². The van der Waals surface area contributed by atoms with Gasteiger partial charge in [0.15, 0.2) is 0 Å². The van der Waals surface area contributed by atoms with Gasteiger partial charge in [-0.1, -0.05) is 18.2 Å². The average Bonchev–Trinajstić information content (AvgIpc) is 2.78. The first-order valence-electron chi connectivity index (χ1n) is 7.39. The van der Waals surface area contributed by atoms with Crippen molar-refractivity contribution in [3.05, 3.63) is 29.8 Å². The monoisotopic (exact) mass is 288 g/mol. The van der Waals surface area contributed by atoms with E-state index >= 15 is 0 Å². The van der Waals surface area contributed by atoms with Crippen molar-refractivity contribution in [2.45, 2.75) is 31.2 Å². The second-order valence-electron chi connectivity index (χ2n) is 5.87. The van der Waals surface area contributed by atoms with Crippen LogP contribution in [-0.4, -0.2) is 48.1 Å². The number of likely N-dealkylation sites (N-methyl/N-ethyl adjacent to an activating group) is 1. The Labute approximate surface area is 124 Å². The maximum Gasteiger partial charge on any atom is 0.303 e. The second-order valence-corrected chi connectivity index (χ2v) is 5.87. The summed E-state index contributed by atoms with van der Waals surface area (Å²) in [4.78, 5) is 26.9. The molecule has 3 rings (SSSR count). The number of likely N-dealkylation sites (tertiary alicyclic amines) is 1. The van der Waals surface area contributed by atoms with Gasteiger partial charge in [0.25, 0.3) is 0 Å². The third-order valence-corrected chi connectivity index (χ3v) is 4.70. The molecular formula is C16H20N2O3. The summed E-state index contributed by atoms with van der Waals surface area (Å²) in [5, 5.41) is 8.70. The number of benzene rings is 1. The van der Waals surface area contributed by atoms with E-state index in [9.17, 15) is 9.59 Å². The van der Waals surface area contributed by atoms with Crippen LogP contribution < -0.4 is 4.90 Å². The molecule has 2 atom stereocenters. The van der Waals surface area contributed by atoms with Crippen molar-refractivity contribution in [3.63, 3.8) is 0 Å². The number of carbonyl (C=O) groups is 2. The second kappa shape index (κ2) is 5.39. The highest BCUT2D eigenvalue weighted by Gasteiger charge is 2.40. The molecule has 0 spiro atoms. The third kappa shape index (κ3) is 2.48. The molecule has 5 heteroatoms. The van der Waals surface area contributed by atoms with Gasteiger partial charge < -0.3 is 14.9 Å². The number of carboxylic acids is 1. The molecule has 0 saturated carbocycles. The van der Waals surface area contributed by atoms with Crippen LogP contribution in [0.1, 0.15) is 30.7 Å². The molecule has 0 unspecified atom stereocenters. The van der Waals surface area contributed by atoms with Crippen LogP contribution in [0, 0.1) is 0 Å². The van der Waals surface area contributed by atoms with Crippen LogP contribution in [-0.2, 0) is 9.59 Å². The van der Waals surface area contributed by atoms with E-state index in [-0.39, 0.29) is 18.7 Å². The number of amides is 1. The first-order chi connectivity index (χ1) is 10.1. The SMILES string of the molecule is CN1c2ccccc2[C@H]2CN(C(=O)CCC(=O)O)CC[C@H]21. The summed E-state index contributed by atoms with van der Waals surface area (Å²) >= 11 is 0. The lowest BCUT2D eigenvalue weighted by molar-refractivity contribution is -0.141. The normalized spacial score (nSPS) is 23.7. The van der Waals surface area contributed by atoms with Gasteiger partial charge >= 0.3 is 5.97 Å². The molecule has 1 aromatic carbocycles. The average molecular weight is 288 g/mol. The highest BCUT2D eigenvalue weighted by Crippen LogP contribution is 2.43. The van der Waals surface area contributed by atoms with E-state index in [2.05, 4.69) is 24.1 Å². The predicted molar refractivity (Wildman–Crippen MR) is 79.4 cm³/mol. The molecule has 1 saturated heterocycles. The van der Waals surface area contributed by atoms with E-state index in [1.165, 1.54) is 11.3 Å². The van der Waals surface area contributed by atoms with E-state index in [4.69, 9.17) is 5.11 Å². The Morgan fingerprint density at radius 2 is 2.05 bits per heavy atom. The third-order valence-electron chi connectivity index (χ3n) is 4.70. The van der Waals surface area contributed by atoms with Gasteiger partial charge in [-0.2, -0.15) is 0 Å². The molecule has 0 bridgehead atoms. The zero-order chi connectivity index (χ0) is 15.0. The van der Waals surface area contributed by atoms with Gasteiger partial charge in [-0.3, -0.25) is 9.59 Å². The Bertz CT molecular complexity index is 572. The van der Waals surface area contributed by atoms with Gasteiger partial charge in [0.2, 0.25) is 5.91 Å². The molecule has 1 fully saturated rings. The quantitative estimate of drug-likeness (QED) is 0.919. The van der Waals surface area contributed by atoms with E-state index in [1.807, 2.05) is 17.0 Å². The molecule has 1 N–H and O–H groups in total. The molecule has 2 aliphatic heterocycles. The summed E-state index contributed by atoms with van der Waals surface area (Å²) in [6.45, 7) is 1.42. The minimum Gasteiger partial charge on any atom is -0.481 e. The van der Waals surface area contributed by atoms with Gasteiger partial charge in [0, 0.05) is 44.2 Å². The lowest BCUT2D eigenvalue weighted by Crippen LogP contribution is -2.47. The van der Waals surface area contributed by atoms with Gasteiger partial charge in [-0.25, -0.2) is 0 Å². The molecule has 0 aliphatic carbocycles. The highest BCUT2D eigenvalue weighted by molar-refractivity contribution is 5.81. The molecule has 2 aliphatic rings. The Morgan fingerprint density at radius 3 is 2.81 bits per heavy atom. The smallest absolute Gasteiger partial charge is 0.303 e. The molecule has 21 heavy (non-hydrogen) atoms. The number of anilines is 1. The van der Waals surface area contributed by atoms with Gasteiger partial charge in [0.05, 0.1) is 6.42 Å². The number of nitrogens with zero attached hydrogens (tertiary/aromatic N) is 2. The molecule has 5 nitrogen and oxygen atoms in total. The summed E-state index contributed by atoms with van der Waals surface area (Å²) in [7, 11) is 2.12. The molecule has 0 radical (unpaired) electrons. The number of aliphatic carboxylic acids is 1. The van der Waals surface area contributed by atoms with Crippen molar-refractivity contribution in [2.75, 3.05) is 25.0 Å². The largest absolute Gasteiger partial charge is 0.481 e. The minimum atomic E-state index is -0.913. The zero-order valence-electron chi connectivity index (χ0n) is 12.2. The Kier molecular flexibility index (Phi) is 3.57. The molecule has 112 valence electrons. The number of piperidine rings is 1. The van der Waals surface area contributed by atoms with E-state index in [0.29, 0.717) is 18.5 Å². The highest BCUT2D eigenvalue weighted by atomic mass is 16.4. The number of fused-ring (bicyclic) bond motifs is 3. The molecule has 0 aromatic heterocycles. The first-order valence-corrected chi connectivity index (χ1v) is 7.39. The number of carbonyl (C=O) groups excluding carboxylic acids is 1. The fourth-order valence-corrected chi connectivity index (χ4v) is 3.61. The lowest BCUT2D eigenvalue weighted by Gasteiger charge is -2.37. The van der Waals surface area contributed by atoms with Crippen molar-refractivity contribution in [1.82, 2.24) is 4.90 Å². The molecule has 1 aromatic rings. The van der Waals surface area contributed by atoms with E-state index in [1.54, 1.807) is 0 Å². The summed E-state index contributed by atoms with van der Waals surface area (Å²) in [5.41, 5.74) is 2.56.